The van der Waals surface area contributed by atoms with Gasteiger partial charge in [0.1, 0.15) is 11.6 Å². The van der Waals surface area contributed by atoms with Crippen molar-refractivity contribution < 1.29 is 18.7 Å². The second-order valence-electron chi connectivity index (χ2n) is 6.09. The van der Waals surface area contributed by atoms with Crippen molar-refractivity contribution in [2.75, 3.05) is 0 Å². The van der Waals surface area contributed by atoms with Crippen molar-refractivity contribution in [1.29, 1.82) is 0 Å². The van der Waals surface area contributed by atoms with E-state index in [4.69, 9.17) is 4.42 Å². The molecule has 26 heavy (non-hydrogen) atoms. The van der Waals surface area contributed by atoms with E-state index in [-0.39, 0.29) is 18.1 Å². The molecule has 0 saturated heterocycles. The largest absolute Gasteiger partial charge is 0.503 e. The summed E-state index contributed by atoms with van der Waals surface area (Å²) in [6, 6.07) is 18.2. The number of benzene rings is 2. The van der Waals surface area contributed by atoms with E-state index in [9.17, 15) is 14.3 Å². The highest BCUT2D eigenvalue weighted by molar-refractivity contribution is 6.05. The van der Waals surface area contributed by atoms with Crippen LogP contribution in [0.2, 0.25) is 0 Å². The van der Waals surface area contributed by atoms with Crippen molar-refractivity contribution in [3.8, 4) is 0 Å². The number of amides is 1. The van der Waals surface area contributed by atoms with Crippen LogP contribution in [0.15, 0.2) is 83.2 Å². The highest BCUT2D eigenvalue weighted by Crippen LogP contribution is 2.43. The molecule has 2 aromatic carbocycles. The third-order valence-corrected chi connectivity index (χ3v) is 4.48. The Kier molecular flexibility index (Phi) is 4.05. The van der Waals surface area contributed by atoms with Crippen molar-refractivity contribution in [3.05, 3.63) is 101 Å². The molecule has 2 heterocycles. The third kappa shape index (κ3) is 2.77. The lowest BCUT2D eigenvalue weighted by atomic mass is 9.93. The van der Waals surface area contributed by atoms with Crippen molar-refractivity contribution in [3.63, 3.8) is 0 Å². The van der Waals surface area contributed by atoms with Gasteiger partial charge in [0.15, 0.2) is 5.76 Å². The minimum absolute atomic E-state index is 0.203. The summed E-state index contributed by atoms with van der Waals surface area (Å²) in [4.78, 5) is 14.3. The number of aliphatic hydroxyl groups excluding tert-OH is 1. The predicted molar refractivity (Wildman–Crippen MR) is 94.4 cm³/mol. The van der Waals surface area contributed by atoms with Crippen LogP contribution in [-0.4, -0.2) is 15.9 Å². The molecule has 4 rings (SSSR count). The first kappa shape index (κ1) is 16.1. The van der Waals surface area contributed by atoms with Gasteiger partial charge >= 0.3 is 0 Å². The van der Waals surface area contributed by atoms with Gasteiger partial charge in [0.05, 0.1) is 18.8 Å². The number of halogens is 1. The Hall–Kier alpha value is -3.34. The van der Waals surface area contributed by atoms with Crippen LogP contribution in [0, 0.1) is 5.82 Å². The van der Waals surface area contributed by atoms with Gasteiger partial charge < -0.3 is 14.4 Å². The van der Waals surface area contributed by atoms with Crippen molar-refractivity contribution in [2.45, 2.75) is 12.6 Å². The number of rotatable bonds is 4. The summed E-state index contributed by atoms with van der Waals surface area (Å²) < 4.78 is 18.8. The molecule has 0 aliphatic carbocycles. The molecule has 1 aliphatic heterocycles. The normalized spacial score (nSPS) is 17.2. The first-order valence-electron chi connectivity index (χ1n) is 8.22. The molecule has 0 fully saturated rings. The molecule has 1 aliphatic rings. The van der Waals surface area contributed by atoms with Gasteiger partial charge in [-0.3, -0.25) is 4.79 Å². The average Bonchev–Trinajstić information content (AvgIpc) is 3.26. The Morgan fingerprint density at radius 2 is 1.73 bits per heavy atom. The van der Waals surface area contributed by atoms with Crippen molar-refractivity contribution in [1.82, 2.24) is 4.90 Å². The summed E-state index contributed by atoms with van der Waals surface area (Å²) in [6.45, 7) is 0.203. The van der Waals surface area contributed by atoms with Crippen LogP contribution in [0.25, 0.3) is 5.57 Å². The lowest BCUT2D eigenvalue weighted by Gasteiger charge is -2.26. The van der Waals surface area contributed by atoms with Gasteiger partial charge in [-0.1, -0.05) is 42.5 Å². The maximum Gasteiger partial charge on any atom is 0.290 e. The first-order chi connectivity index (χ1) is 12.6. The van der Waals surface area contributed by atoms with Gasteiger partial charge in [-0.15, -0.1) is 0 Å². The minimum atomic E-state index is -0.532. The molecule has 3 aromatic rings. The Balaban J connectivity index is 1.82. The average molecular weight is 349 g/mol. The van der Waals surface area contributed by atoms with E-state index >= 15 is 0 Å². The fourth-order valence-electron chi connectivity index (χ4n) is 3.29. The molecule has 0 bridgehead atoms. The Labute approximate surface area is 149 Å². The quantitative estimate of drug-likeness (QED) is 0.756. The van der Waals surface area contributed by atoms with Gasteiger partial charge in [0.25, 0.3) is 5.91 Å². The summed E-state index contributed by atoms with van der Waals surface area (Å²) in [7, 11) is 0. The summed E-state index contributed by atoms with van der Waals surface area (Å²) in [5, 5.41) is 10.6. The molecule has 5 heteroatoms. The lowest BCUT2D eigenvalue weighted by molar-refractivity contribution is -0.130. The van der Waals surface area contributed by atoms with Crippen LogP contribution in [0.4, 0.5) is 4.39 Å². The summed E-state index contributed by atoms with van der Waals surface area (Å²) in [5.41, 5.74) is 1.97. The number of furan rings is 1. The second kappa shape index (κ2) is 6.52. The maximum absolute atomic E-state index is 13.4. The highest BCUT2D eigenvalue weighted by atomic mass is 19.1. The Bertz CT molecular complexity index is 947. The zero-order valence-electron chi connectivity index (χ0n) is 13.8. The third-order valence-electron chi connectivity index (χ3n) is 4.48. The fourth-order valence-corrected chi connectivity index (χ4v) is 3.29. The van der Waals surface area contributed by atoms with Gasteiger partial charge in [-0.2, -0.15) is 0 Å². The minimum Gasteiger partial charge on any atom is -0.503 e. The monoisotopic (exact) mass is 349 g/mol. The standard InChI is InChI=1S/C21H16FNO3/c22-16-10-8-15(9-11-16)19-18(14-5-2-1-3-6-14)20(24)21(25)23(19)13-17-7-4-12-26-17/h1-12,19,24H,13H2. The summed E-state index contributed by atoms with van der Waals surface area (Å²) >= 11 is 0. The number of carbonyl (C=O) groups is 1. The van der Waals surface area contributed by atoms with E-state index < -0.39 is 11.9 Å². The second-order valence-corrected chi connectivity index (χ2v) is 6.09. The number of nitrogens with zero attached hydrogens (tertiary/aromatic N) is 1. The molecule has 130 valence electrons. The van der Waals surface area contributed by atoms with Crippen LogP contribution in [-0.2, 0) is 11.3 Å². The van der Waals surface area contributed by atoms with Gasteiger partial charge in [-0.25, -0.2) is 4.39 Å². The molecule has 0 radical (unpaired) electrons. The van der Waals surface area contributed by atoms with Gasteiger partial charge in [0, 0.05) is 5.57 Å². The number of aliphatic hydroxyl groups is 1. The van der Waals surface area contributed by atoms with E-state index in [0.717, 1.165) is 5.56 Å². The topological polar surface area (TPSA) is 53.7 Å². The zero-order valence-corrected chi connectivity index (χ0v) is 13.8. The number of hydrogen-bond acceptors (Lipinski definition) is 3. The van der Waals surface area contributed by atoms with E-state index in [1.165, 1.54) is 23.3 Å². The van der Waals surface area contributed by atoms with Crippen LogP contribution in [0.1, 0.15) is 22.9 Å². The molecule has 1 unspecified atom stereocenters. The Morgan fingerprint density at radius 3 is 2.38 bits per heavy atom. The zero-order chi connectivity index (χ0) is 18.1. The summed E-state index contributed by atoms with van der Waals surface area (Å²) in [6.07, 6.45) is 1.54. The molecule has 1 atom stereocenters. The smallest absolute Gasteiger partial charge is 0.290 e. The molecule has 4 nitrogen and oxygen atoms in total. The molecule has 0 spiro atoms. The van der Waals surface area contributed by atoms with Gasteiger partial charge in [-0.05, 0) is 35.4 Å². The molecule has 1 amide bonds. The SMILES string of the molecule is O=C1C(O)=C(c2ccccc2)C(c2ccc(F)cc2)N1Cc1ccco1. The van der Waals surface area contributed by atoms with Crippen LogP contribution in [0.3, 0.4) is 0 Å². The van der Waals surface area contributed by atoms with Crippen molar-refractivity contribution in [2.24, 2.45) is 0 Å². The van der Waals surface area contributed by atoms with Crippen molar-refractivity contribution >= 4 is 11.5 Å². The number of carbonyl (C=O) groups excluding carboxylic acids is 1. The molecule has 1 aromatic heterocycles. The van der Waals surface area contributed by atoms with E-state index in [1.807, 2.05) is 30.3 Å². The predicted octanol–water partition coefficient (Wildman–Crippen LogP) is 4.47. The molecule has 0 saturated carbocycles. The highest BCUT2D eigenvalue weighted by Gasteiger charge is 2.41. The summed E-state index contributed by atoms with van der Waals surface area (Å²) in [5.74, 6) is -0.524. The van der Waals surface area contributed by atoms with Crippen LogP contribution in [0.5, 0.6) is 0 Å². The van der Waals surface area contributed by atoms with E-state index in [2.05, 4.69) is 0 Å². The van der Waals surface area contributed by atoms with E-state index in [1.54, 1.807) is 24.3 Å². The number of hydrogen-bond donors (Lipinski definition) is 1. The Morgan fingerprint density at radius 1 is 1.00 bits per heavy atom. The van der Waals surface area contributed by atoms with E-state index in [0.29, 0.717) is 16.9 Å². The van der Waals surface area contributed by atoms with Crippen LogP contribution < -0.4 is 0 Å². The molecule has 1 N–H and O–H groups in total. The lowest BCUT2D eigenvalue weighted by Crippen LogP contribution is -2.29. The fraction of sp³-hybridized carbons (Fsp3) is 0.0952. The molecular weight excluding hydrogens is 333 g/mol. The molecular formula is C21H16FNO3. The maximum atomic E-state index is 13.4. The van der Waals surface area contributed by atoms with Crippen LogP contribution >= 0.6 is 0 Å². The van der Waals surface area contributed by atoms with Gasteiger partial charge in [0.2, 0.25) is 0 Å². The first-order valence-corrected chi connectivity index (χ1v) is 8.22.